The lowest BCUT2D eigenvalue weighted by molar-refractivity contribution is 0.100. The molecule has 2 aliphatic rings. The number of primary amides is 1. The molecule has 0 unspecified atom stereocenters. The molecule has 1 saturated heterocycles. The second kappa shape index (κ2) is 7.44. The van der Waals surface area contributed by atoms with Gasteiger partial charge in [0.05, 0.1) is 5.56 Å². The molecule has 5 N–H and O–H groups in total. The molecule has 2 aliphatic heterocycles. The highest BCUT2D eigenvalue weighted by Crippen LogP contribution is 2.45. The van der Waals surface area contributed by atoms with E-state index in [0.29, 0.717) is 27.3 Å². The molecule has 138 valence electrons. The molecule has 6 nitrogen and oxygen atoms in total. The van der Waals surface area contributed by atoms with E-state index in [0.717, 1.165) is 29.7 Å². The summed E-state index contributed by atoms with van der Waals surface area (Å²) in [6.07, 6.45) is 2.93. The normalized spacial score (nSPS) is 20.0. The van der Waals surface area contributed by atoms with Crippen molar-refractivity contribution in [2.24, 2.45) is 5.73 Å². The van der Waals surface area contributed by atoms with Crippen molar-refractivity contribution >= 4 is 58.0 Å². The largest absolute Gasteiger partial charge is 0.365 e. The highest BCUT2D eigenvalue weighted by molar-refractivity contribution is 7.17. The lowest BCUT2D eigenvalue weighted by Crippen LogP contribution is -2.32. The van der Waals surface area contributed by atoms with Crippen LogP contribution in [0.4, 0.5) is 15.5 Å². The van der Waals surface area contributed by atoms with Crippen LogP contribution in [0.25, 0.3) is 0 Å². The van der Waals surface area contributed by atoms with Crippen LogP contribution in [0.3, 0.4) is 0 Å². The minimum absolute atomic E-state index is 0. The van der Waals surface area contributed by atoms with Crippen molar-refractivity contribution in [3.8, 4) is 0 Å². The van der Waals surface area contributed by atoms with Gasteiger partial charge in [-0.15, -0.1) is 23.7 Å². The molecular formula is C17H18Cl2N4O2S. The van der Waals surface area contributed by atoms with Gasteiger partial charge in [0.2, 0.25) is 0 Å². The zero-order valence-corrected chi connectivity index (χ0v) is 16.1. The van der Waals surface area contributed by atoms with Gasteiger partial charge in [-0.05, 0) is 49.1 Å². The van der Waals surface area contributed by atoms with Gasteiger partial charge in [0, 0.05) is 27.7 Å². The molecule has 0 radical (unpaired) electrons. The van der Waals surface area contributed by atoms with E-state index in [1.807, 2.05) is 0 Å². The predicted octanol–water partition coefficient (Wildman–Crippen LogP) is 3.92. The Labute approximate surface area is 165 Å². The van der Waals surface area contributed by atoms with E-state index in [-0.39, 0.29) is 18.4 Å². The first-order valence-electron chi connectivity index (χ1n) is 8.06. The lowest BCUT2D eigenvalue weighted by atomic mass is 9.98. The molecular weight excluding hydrogens is 395 g/mol. The van der Waals surface area contributed by atoms with Crippen molar-refractivity contribution in [2.75, 3.05) is 10.6 Å². The molecule has 1 aromatic heterocycles. The molecule has 1 aromatic carbocycles. The van der Waals surface area contributed by atoms with E-state index < -0.39 is 11.9 Å². The maximum absolute atomic E-state index is 12.3. The number of carbonyl (C=O) groups excluding carboxylic acids is 2. The summed E-state index contributed by atoms with van der Waals surface area (Å²) >= 11 is 7.27. The third-order valence-electron chi connectivity index (χ3n) is 4.62. The average molecular weight is 413 g/mol. The van der Waals surface area contributed by atoms with E-state index >= 15 is 0 Å². The van der Waals surface area contributed by atoms with Gasteiger partial charge in [-0.2, -0.15) is 0 Å². The van der Waals surface area contributed by atoms with Gasteiger partial charge in [0.1, 0.15) is 5.00 Å². The van der Waals surface area contributed by atoms with Gasteiger partial charge in [-0.3, -0.25) is 10.1 Å². The first-order valence-corrected chi connectivity index (χ1v) is 9.25. The first-order chi connectivity index (χ1) is 12.0. The number of nitrogens with two attached hydrogens (primary N) is 1. The summed E-state index contributed by atoms with van der Waals surface area (Å²) in [6, 6.07) is 7.03. The molecule has 0 saturated carbocycles. The van der Waals surface area contributed by atoms with Crippen LogP contribution in [-0.2, 0) is 6.42 Å². The predicted molar refractivity (Wildman–Crippen MR) is 107 cm³/mol. The van der Waals surface area contributed by atoms with Gasteiger partial charge in [-0.25, -0.2) is 4.79 Å². The molecule has 3 heterocycles. The van der Waals surface area contributed by atoms with Gasteiger partial charge in [-0.1, -0.05) is 11.6 Å². The van der Waals surface area contributed by atoms with Crippen LogP contribution in [-0.4, -0.2) is 18.0 Å². The van der Waals surface area contributed by atoms with Crippen molar-refractivity contribution in [3.05, 3.63) is 45.3 Å². The highest BCUT2D eigenvalue weighted by Gasteiger charge is 2.37. The Morgan fingerprint density at radius 2 is 1.92 bits per heavy atom. The van der Waals surface area contributed by atoms with Crippen LogP contribution in [0.15, 0.2) is 24.3 Å². The van der Waals surface area contributed by atoms with Crippen molar-refractivity contribution in [1.82, 2.24) is 5.32 Å². The van der Waals surface area contributed by atoms with E-state index in [1.165, 1.54) is 11.3 Å². The Hall–Kier alpha value is -1.80. The third kappa shape index (κ3) is 3.53. The fourth-order valence-electron chi connectivity index (χ4n) is 3.55. The summed E-state index contributed by atoms with van der Waals surface area (Å²) in [5.74, 6) is -0.499. The summed E-state index contributed by atoms with van der Waals surface area (Å²) in [5.41, 5.74) is 7.66. The van der Waals surface area contributed by atoms with Crippen molar-refractivity contribution in [3.63, 3.8) is 0 Å². The fraction of sp³-hybridized carbons (Fsp3) is 0.294. The van der Waals surface area contributed by atoms with Gasteiger partial charge >= 0.3 is 6.03 Å². The van der Waals surface area contributed by atoms with E-state index in [1.54, 1.807) is 24.3 Å². The van der Waals surface area contributed by atoms with E-state index in [9.17, 15) is 9.59 Å². The number of benzene rings is 1. The van der Waals surface area contributed by atoms with Crippen LogP contribution in [0.5, 0.6) is 0 Å². The summed E-state index contributed by atoms with van der Waals surface area (Å²) < 4.78 is 0. The van der Waals surface area contributed by atoms with E-state index in [2.05, 4.69) is 16.0 Å². The maximum Gasteiger partial charge on any atom is 0.324 e. The van der Waals surface area contributed by atoms with Crippen LogP contribution >= 0.6 is 35.3 Å². The van der Waals surface area contributed by atoms with Crippen LogP contribution < -0.4 is 21.7 Å². The Kier molecular flexibility index (Phi) is 5.43. The highest BCUT2D eigenvalue weighted by atomic mass is 35.5. The number of hydrogen-bond acceptors (Lipinski definition) is 4. The summed E-state index contributed by atoms with van der Waals surface area (Å²) in [4.78, 5) is 25.4. The van der Waals surface area contributed by atoms with Crippen LogP contribution in [0.2, 0.25) is 5.02 Å². The summed E-state index contributed by atoms with van der Waals surface area (Å²) in [7, 11) is 0. The zero-order chi connectivity index (χ0) is 17.6. The number of halogens is 2. The number of hydrogen-bond donors (Lipinski definition) is 4. The number of carbonyl (C=O) groups is 2. The first kappa shape index (κ1) is 19.0. The molecule has 0 aliphatic carbocycles. The monoisotopic (exact) mass is 412 g/mol. The molecule has 26 heavy (non-hydrogen) atoms. The Bertz CT molecular complexity index is 853. The molecule has 2 atom stereocenters. The average Bonchev–Trinajstić information content (AvgIpc) is 3.12. The fourth-order valence-corrected chi connectivity index (χ4v) is 5.00. The molecule has 9 heteroatoms. The Morgan fingerprint density at radius 3 is 2.62 bits per heavy atom. The second-order valence-electron chi connectivity index (χ2n) is 6.30. The number of fused-ring (bicyclic) bond motifs is 4. The Balaban J connectivity index is 0.00000196. The molecule has 3 amide bonds. The lowest BCUT2D eigenvalue weighted by Gasteiger charge is -2.21. The number of thiophene rings is 1. The number of urea groups is 1. The van der Waals surface area contributed by atoms with Crippen molar-refractivity contribution < 1.29 is 9.59 Å². The number of rotatable bonds is 3. The smallest absolute Gasteiger partial charge is 0.324 e. The van der Waals surface area contributed by atoms with Crippen molar-refractivity contribution in [2.45, 2.75) is 31.3 Å². The number of anilines is 2. The third-order valence-corrected chi connectivity index (χ3v) is 6.13. The quantitative estimate of drug-likeness (QED) is 0.614. The second-order valence-corrected chi connectivity index (χ2v) is 7.79. The van der Waals surface area contributed by atoms with Gasteiger partial charge in [0.25, 0.3) is 5.91 Å². The minimum atomic E-state index is -0.499. The Morgan fingerprint density at radius 1 is 1.19 bits per heavy atom. The molecule has 1 fully saturated rings. The summed E-state index contributed by atoms with van der Waals surface area (Å²) in [6.45, 7) is 0. The molecule has 2 aromatic rings. The van der Waals surface area contributed by atoms with Gasteiger partial charge in [0.15, 0.2) is 0 Å². The van der Waals surface area contributed by atoms with Crippen LogP contribution in [0, 0.1) is 0 Å². The molecule has 0 spiro atoms. The topological polar surface area (TPSA) is 96.2 Å². The van der Waals surface area contributed by atoms with Gasteiger partial charge < -0.3 is 16.4 Å². The molecule has 2 bridgehead atoms. The SMILES string of the molecule is Cl.NC(=O)c1c(NC(=O)Nc2ccc(Cl)cc2)sc2c1C[C@@H]1CC[C@H]2N1. The van der Waals surface area contributed by atoms with E-state index in [4.69, 9.17) is 17.3 Å². The minimum Gasteiger partial charge on any atom is -0.365 e. The summed E-state index contributed by atoms with van der Waals surface area (Å²) in [5, 5.41) is 10.2. The number of nitrogens with one attached hydrogen (secondary N) is 3. The van der Waals surface area contributed by atoms with Crippen molar-refractivity contribution in [1.29, 1.82) is 0 Å². The number of amides is 3. The maximum atomic E-state index is 12.3. The van der Waals surface area contributed by atoms with Crippen LogP contribution in [0.1, 0.15) is 39.7 Å². The standard InChI is InChI=1S/C17H17ClN4O2S.ClH/c18-8-1-3-9(4-2-8)21-17(24)22-16-13(15(19)23)11-7-10-5-6-12(20-10)14(11)25-16;/h1-4,10,12,20H,5-7H2,(H2,19,23)(H2,21,22,24);1H/t10-,12+;/m0./s1. The zero-order valence-electron chi connectivity index (χ0n) is 13.7. The molecule has 4 rings (SSSR count).